The Labute approximate surface area is 119 Å². The van der Waals surface area contributed by atoms with Gasteiger partial charge < -0.3 is 4.74 Å². The van der Waals surface area contributed by atoms with Gasteiger partial charge in [0, 0.05) is 12.8 Å². The summed E-state index contributed by atoms with van der Waals surface area (Å²) >= 11 is 0. The summed E-state index contributed by atoms with van der Waals surface area (Å²) in [5.41, 5.74) is 0. The maximum atomic E-state index is 11.4. The Hall–Kier alpha value is -0.970. The number of ether oxygens (including phenoxy) is 1. The third kappa shape index (κ3) is 15.0. The highest BCUT2D eigenvalue weighted by Gasteiger charge is 2.00. The zero-order valence-electron chi connectivity index (χ0n) is 12.8. The van der Waals surface area contributed by atoms with Gasteiger partial charge in [0.1, 0.15) is 0 Å². The molecule has 0 aliphatic heterocycles. The van der Waals surface area contributed by atoms with Crippen molar-refractivity contribution in [3.63, 3.8) is 0 Å². The van der Waals surface area contributed by atoms with Crippen LogP contribution >= 0.6 is 0 Å². The lowest BCUT2D eigenvalue weighted by Gasteiger charge is -2.00. The largest absolute Gasteiger partial charge is 0.452 e. The number of hydrogen-bond acceptors (Lipinski definition) is 2. The van der Waals surface area contributed by atoms with Gasteiger partial charge >= 0.3 is 5.97 Å². The predicted octanol–water partition coefficient (Wildman–Crippen LogP) is 4.86. The first kappa shape index (κ1) is 18.0. The minimum atomic E-state index is -0.100. The Morgan fingerprint density at radius 3 is 2.16 bits per heavy atom. The summed E-state index contributed by atoms with van der Waals surface area (Å²) in [5, 5.41) is 0. The van der Waals surface area contributed by atoms with Gasteiger partial charge in [-0.05, 0) is 12.8 Å². The second kappa shape index (κ2) is 15.1. The van der Waals surface area contributed by atoms with Crippen LogP contribution in [0, 0.1) is 11.8 Å². The molecule has 0 amide bonds. The average molecular weight is 266 g/mol. The minimum absolute atomic E-state index is 0.100. The molecule has 0 aromatic carbocycles. The van der Waals surface area contributed by atoms with Crippen molar-refractivity contribution in [1.82, 2.24) is 0 Å². The van der Waals surface area contributed by atoms with Gasteiger partial charge in [-0.2, -0.15) is 0 Å². The number of carbonyl (C=O) groups excluding carboxylic acids is 1. The van der Waals surface area contributed by atoms with Gasteiger partial charge in [-0.3, -0.25) is 4.79 Å². The predicted molar refractivity (Wildman–Crippen MR) is 80.9 cm³/mol. The fraction of sp³-hybridized carbons (Fsp3) is 0.824. The van der Waals surface area contributed by atoms with Crippen molar-refractivity contribution >= 4 is 5.97 Å². The first-order valence-electron chi connectivity index (χ1n) is 7.92. The van der Waals surface area contributed by atoms with Crippen LogP contribution in [0.2, 0.25) is 0 Å². The number of esters is 1. The first-order valence-corrected chi connectivity index (χ1v) is 7.92. The summed E-state index contributed by atoms with van der Waals surface area (Å²) in [6.07, 6.45) is 12.2. The molecule has 0 unspecified atom stereocenters. The summed E-state index contributed by atoms with van der Waals surface area (Å²) < 4.78 is 5.06. The van der Waals surface area contributed by atoms with E-state index in [-0.39, 0.29) is 12.6 Å². The summed E-state index contributed by atoms with van der Waals surface area (Å²) in [4.78, 5) is 11.4. The molecule has 19 heavy (non-hydrogen) atoms. The number of rotatable bonds is 11. The molecule has 0 radical (unpaired) electrons. The second-order valence-corrected chi connectivity index (χ2v) is 4.99. The molecule has 0 aromatic heterocycles. The van der Waals surface area contributed by atoms with Crippen molar-refractivity contribution in [2.75, 3.05) is 6.61 Å². The van der Waals surface area contributed by atoms with Crippen LogP contribution in [-0.4, -0.2) is 12.6 Å². The maximum absolute atomic E-state index is 11.4. The topological polar surface area (TPSA) is 26.3 Å². The quantitative estimate of drug-likeness (QED) is 0.303. The highest BCUT2D eigenvalue weighted by atomic mass is 16.5. The molecule has 2 nitrogen and oxygen atoms in total. The molecule has 0 heterocycles. The van der Waals surface area contributed by atoms with Gasteiger partial charge in [0.25, 0.3) is 0 Å². The van der Waals surface area contributed by atoms with Crippen molar-refractivity contribution < 1.29 is 9.53 Å². The molecule has 0 saturated heterocycles. The van der Waals surface area contributed by atoms with Gasteiger partial charge in [-0.15, -0.1) is 0 Å². The molecule has 110 valence electrons. The van der Waals surface area contributed by atoms with E-state index in [2.05, 4.69) is 25.7 Å². The summed E-state index contributed by atoms with van der Waals surface area (Å²) in [5.74, 6) is 5.87. The molecule has 0 rings (SSSR count). The molecule has 0 saturated carbocycles. The van der Waals surface area contributed by atoms with Crippen LogP contribution in [0.4, 0.5) is 0 Å². The Balaban J connectivity index is 3.30. The summed E-state index contributed by atoms with van der Waals surface area (Å²) in [6.45, 7) is 4.66. The van der Waals surface area contributed by atoms with Gasteiger partial charge in [-0.1, -0.05) is 70.6 Å². The zero-order valence-corrected chi connectivity index (χ0v) is 12.8. The van der Waals surface area contributed by atoms with Crippen LogP contribution in [-0.2, 0) is 9.53 Å². The SMILES string of the molecule is CCCCCCC#CCOC(=O)CCCCCCC. The molecule has 0 N–H and O–H groups in total. The van der Waals surface area contributed by atoms with Crippen LogP contribution in [0.1, 0.15) is 84.5 Å². The number of hydrogen-bond donors (Lipinski definition) is 0. The van der Waals surface area contributed by atoms with Crippen molar-refractivity contribution in [3.8, 4) is 11.8 Å². The first-order chi connectivity index (χ1) is 9.31. The lowest BCUT2D eigenvalue weighted by Crippen LogP contribution is -2.04. The molecule has 0 spiro atoms. The normalized spacial score (nSPS) is 9.79. The molecule has 0 atom stereocenters. The molecular weight excluding hydrogens is 236 g/mol. The molecule has 0 aromatic rings. The van der Waals surface area contributed by atoms with E-state index in [9.17, 15) is 4.79 Å². The van der Waals surface area contributed by atoms with Crippen LogP contribution < -0.4 is 0 Å². The van der Waals surface area contributed by atoms with Crippen LogP contribution in [0.15, 0.2) is 0 Å². The van der Waals surface area contributed by atoms with E-state index in [0.717, 1.165) is 25.7 Å². The van der Waals surface area contributed by atoms with Gasteiger partial charge in [-0.25, -0.2) is 0 Å². The van der Waals surface area contributed by atoms with Gasteiger partial charge in [0.2, 0.25) is 0 Å². The molecule has 0 bridgehead atoms. The smallest absolute Gasteiger partial charge is 0.306 e. The second-order valence-electron chi connectivity index (χ2n) is 4.99. The van der Waals surface area contributed by atoms with Crippen LogP contribution in [0.25, 0.3) is 0 Å². The summed E-state index contributed by atoms with van der Waals surface area (Å²) in [7, 11) is 0. The van der Waals surface area contributed by atoms with E-state index in [4.69, 9.17) is 4.74 Å². The molecule has 0 fully saturated rings. The zero-order chi connectivity index (χ0) is 14.2. The minimum Gasteiger partial charge on any atom is -0.452 e. The Morgan fingerprint density at radius 2 is 1.47 bits per heavy atom. The lowest BCUT2D eigenvalue weighted by molar-refractivity contribution is -0.142. The van der Waals surface area contributed by atoms with Gasteiger partial charge in [0.05, 0.1) is 0 Å². The Kier molecular flexibility index (Phi) is 14.3. The fourth-order valence-electron chi connectivity index (χ4n) is 1.84. The number of carbonyl (C=O) groups is 1. The van der Waals surface area contributed by atoms with Crippen molar-refractivity contribution in [1.29, 1.82) is 0 Å². The highest BCUT2D eigenvalue weighted by molar-refractivity contribution is 5.69. The van der Waals surface area contributed by atoms with Gasteiger partial charge in [0.15, 0.2) is 6.61 Å². The van der Waals surface area contributed by atoms with Crippen LogP contribution in [0.3, 0.4) is 0 Å². The van der Waals surface area contributed by atoms with E-state index >= 15 is 0 Å². The fourth-order valence-corrected chi connectivity index (χ4v) is 1.84. The maximum Gasteiger partial charge on any atom is 0.306 e. The van der Waals surface area contributed by atoms with E-state index < -0.39 is 0 Å². The Bertz CT molecular complexity index is 260. The standard InChI is InChI=1S/C17H30O2/c1-3-5-7-9-10-12-14-16-19-17(18)15-13-11-8-6-4-2/h3-11,13,15-16H2,1-2H3. The summed E-state index contributed by atoms with van der Waals surface area (Å²) in [6, 6.07) is 0. The van der Waals surface area contributed by atoms with Crippen LogP contribution in [0.5, 0.6) is 0 Å². The number of unbranched alkanes of at least 4 members (excludes halogenated alkanes) is 8. The highest BCUT2D eigenvalue weighted by Crippen LogP contribution is 2.05. The van der Waals surface area contributed by atoms with E-state index in [1.807, 2.05) is 0 Å². The molecule has 2 heteroatoms. The van der Waals surface area contributed by atoms with Crippen molar-refractivity contribution in [2.24, 2.45) is 0 Å². The van der Waals surface area contributed by atoms with E-state index in [1.54, 1.807) is 0 Å². The third-order valence-electron chi connectivity index (χ3n) is 3.07. The molecule has 0 aliphatic carbocycles. The van der Waals surface area contributed by atoms with E-state index in [0.29, 0.717) is 6.42 Å². The average Bonchev–Trinajstić information content (AvgIpc) is 2.41. The molecular formula is C17H30O2. The van der Waals surface area contributed by atoms with E-state index in [1.165, 1.54) is 38.5 Å². The monoisotopic (exact) mass is 266 g/mol. The van der Waals surface area contributed by atoms with Crippen molar-refractivity contribution in [3.05, 3.63) is 0 Å². The Morgan fingerprint density at radius 1 is 0.842 bits per heavy atom. The van der Waals surface area contributed by atoms with Crippen molar-refractivity contribution in [2.45, 2.75) is 84.5 Å². The molecule has 0 aliphatic rings. The third-order valence-corrected chi connectivity index (χ3v) is 3.07. The lowest BCUT2D eigenvalue weighted by atomic mass is 10.1.